The van der Waals surface area contributed by atoms with Crippen molar-refractivity contribution in [3.8, 4) is 5.75 Å². The van der Waals surface area contributed by atoms with Gasteiger partial charge in [-0.15, -0.1) is 0 Å². The van der Waals surface area contributed by atoms with Crippen LogP contribution in [0.5, 0.6) is 5.75 Å². The molecule has 0 spiro atoms. The maximum absolute atomic E-state index is 11.6. The largest absolute Gasteiger partial charge is 0.478 e. The van der Waals surface area contributed by atoms with Gasteiger partial charge in [0.25, 0.3) is 0 Å². The topological polar surface area (TPSA) is 46.5 Å². The highest BCUT2D eigenvalue weighted by Gasteiger charge is 2.20. The summed E-state index contributed by atoms with van der Waals surface area (Å²) in [5.74, 6) is -0.382. The number of carbonyl (C=O) groups is 1. The van der Waals surface area contributed by atoms with E-state index in [1.165, 1.54) is 0 Å². The van der Waals surface area contributed by atoms with E-state index in [1.54, 1.807) is 0 Å². The van der Waals surface area contributed by atoms with Gasteiger partial charge in [-0.1, -0.05) is 59.7 Å². The predicted molar refractivity (Wildman–Crippen MR) is 95.6 cm³/mol. The second-order valence-electron chi connectivity index (χ2n) is 6.15. The van der Waals surface area contributed by atoms with Crippen LogP contribution in [0.3, 0.4) is 0 Å². The minimum Gasteiger partial charge on any atom is -0.478 e. The minimum atomic E-state index is -0.956. The summed E-state index contributed by atoms with van der Waals surface area (Å²) < 4.78 is 5.77. The van der Waals surface area contributed by atoms with Gasteiger partial charge in [-0.3, -0.25) is 0 Å². The molecule has 0 aliphatic carbocycles. The van der Waals surface area contributed by atoms with Crippen molar-refractivity contribution < 1.29 is 14.6 Å². The zero-order chi connectivity index (χ0) is 17.1. The molecule has 3 rings (SSSR count). The number of fused-ring (bicyclic) bond motifs is 1. The molecule has 1 N–H and O–H groups in total. The summed E-state index contributed by atoms with van der Waals surface area (Å²) in [5, 5.41) is 11.7. The Labute approximate surface area is 141 Å². The maximum Gasteiger partial charge on any atom is 0.345 e. The molecule has 0 heterocycles. The fraction of sp³-hybridized carbons (Fsp3) is 0.190. The summed E-state index contributed by atoms with van der Waals surface area (Å²) in [4.78, 5) is 11.6. The Morgan fingerprint density at radius 2 is 1.62 bits per heavy atom. The zero-order valence-electron chi connectivity index (χ0n) is 13.8. The van der Waals surface area contributed by atoms with Gasteiger partial charge >= 0.3 is 5.97 Å². The Morgan fingerprint density at radius 1 is 0.958 bits per heavy atom. The minimum absolute atomic E-state index is 0.338. The molecule has 0 bridgehead atoms. The first-order valence-corrected chi connectivity index (χ1v) is 7.97. The second-order valence-corrected chi connectivity index (χ2v) is 6.15. The van der Waals surface area contributed by atoms with Crippen LogP contribution in [0.4, 0.5) is 0 Å². The number of benzene rings is 3. The Kier molecular flexibility index (Phi) is 4.52. The van der Waals surface area contributed by atoms with Crippen LogP contribution in [0.25, 0.3) is 10.8 Å². The lowest BCUT2D eigenvalue weighted by atomic mass is 10.0. The van der Waals surface area contributed by atoms with Crippen LogP contribution in [0.1, 0.15) is 16.7 Å². The first kappa shape index (κ1) is 16.1. The van der Waals surface area contributed by atoms with Crippen LogP contribution in [0.2, 0.25) is 0 Å². The van der Waals surface area contributed by atoms with Gasteiger partial charge in [-0.25, -0.2) is 4.79 Å². The molecule has 24 heavy (non-hydrogen) atoms. The van der Waals surface area contributed by atoms with E-state index < -0.39 is 12.1 Å². The Hall–Kier alpha value is -2.81. The van der Waals surface area contributed by atoms with Crippen molar-refractivity contribution >= 4 is 16.7 Å². The number of carboxylic acids is 1. The fourth-order valence-corrected chi connectivity index (χ4v) is 2.99. The lowest BCUT2D eigenvalue weighted by molar-refractivity contribution is -0.145. The van der Waals surface area contributed by atoms with Gasteiger partial charge in [-0.05, 0) is 42.3 Å². The lowest BCUT2D eigenvalue weighted by Crippen LogP contribution is -2.29. The van der Waals surface area contributed by atoms with Gasteiger partial charge in [0, 0.05) is 6.42 Å². The third-order valence-electron chi connectivity index (χ3n) is 3.98. The zero-order valence-corrected chi connectivity index (χ0v) is 13.8. The van der Waals surface area contributed by atoms with Gasteiger partial charge in [0.05, 0.1) is 0 Å². The van der Waals surface area contributed by atoms with Crippen molar-refractivity contribution in [2.24, 2.45) is 0 Å². The Bertz CT molecular complexity index is 863. The summed E-state index contributed by atoms with van der Waals surface area (Å²) in [5.41, 5.74) is 3.22. The van der Waals surface area contributed by atoms with E-state index >= 15 is 0 Å². The molecule has 0 radical (unpaired) electrons. The van der Waals surface area contributed by atoms with Crippen molar-refractivity contribution in [2.45, 2.75) is 26.4 Å². The molecule has 0 unspecified atom stereocenters. The Morgan fingerprint density at radius 3 is 2.29 bits per heavy atom. The molecule has 3 aromatic carbocycles. The number of hydrogen-bond acceptors (Lipinski definition) is 2. The summed E-state index contributed by atoms with van der Waals surface area (Å²) in [6, 6.07) is 19.7. The number of rotatable bonds is 5. The molecule has 0 aromatic heterocycles. The quantitative estimate of drug-likeness (QED) is 0.751. The first-order chi connectivity index (χ1) is 11.5. The van der Waals surface area contributed by atoms with Gasteiger partial charge < -0.3 is 9.84 Å². The first-order valence-electron chi connectivity index (χ1n) is 7.97. The van der Waals surface area contributed by atoms with Crippen molar-refractivity contribution in [1.29, 1.82) is 0 Å². The third-order valence-corrected chi connectivity index (χ3v) is 3.98. The van der Waals surface area contributed by atoms with E-state index in [0.29, 0.717) is 12.2 Å². The van der Waals surface area contributed by atoms with Gasteiger partial charge in [0.1, 0.15) is 5.75 Å². The number of hydrogen-bond donors (Lipinski definition) is 1. The normalized spacial score (nSPS) is 12.1. The summed E-state index contributed by atoms with van der Waals surface area (Å²) in [6.45, 7) is 4.02. The summed E-state index contributed by atoms with van der Waals surface area (Å²) in [7, 11) is 0. The van der Waals surface area contributed by atoms with Gasteiger partial charge in [0.15, 0.2) is 6.10 Å². The average molecular weight is 320 g/mol. The van der Waals surface area contributed by atoms with E-state index in [9.17, 15) is 9.90 Å². The number of ether oxygens (including phenoxy) is 1. The Balaban J connectivity index is 1.83. The van der Waals surface area contributed by atoms with Gasteiger partial charge in [0.2, 0.25) is 0 Å². The van der Waals surface area contributed by atoms with E-state index in [0.717, 1.165) is 27.5 Å². The molecule has 3 heteroatoms. The molecule has 0 saturated carbocycles. The maximum atomic E-state index is 11.6. The summed E-state index contributed by atoms with van der Waals surface area (Å²) >= 11 is 0. The SMILES string of the molecule is Cc1cc(C)cc(C[C@H](Oc2ccc3ccccc3c2)C(=O)O)c1. The monoisotopic (exact) mass is 320 g/mol. The summed E-state index contributed by atoms with van der Waals surface area (Å²) in [6.07, 6.45) is -0.572. The van der Waals surface area contributed by atoms with Crippen LogP contribution < -0.4 is 4.74 Å². The fourth-order valence-electron chi connectivity index (χ4n) is 2.99. The van der Waals surface area contributed by atoms with Crippen molar-refractivity contribution in [2.75, 3.05) is 0 Å². The van der Waals surface area contributed by atoms with Crippen molar-refractivity contribution in [1.82, 2.24) is 0 Å². The second kappa shape index (κ2) is 6.75. The molecular formula is C21H20O3. The highest BCUT2D eigenvalue weighted by Crippen LogP contribution is 2.22. The highest BCUT2D eigenvalue weighted by molar-refractivity contribution is 5.84. The molecule has 0 fully saturated rings. The van der Waals surface area contributed by atoms with E-state index in [1.807, 2.05) is 68.4 Å². The average Bonchev–Trinajstić information content (AvgIpc) is 2.53. The number of carboxylic acid groups (broad SMARTS) is 1. The molecule has 3 aromatic rings. The predicted octanol–water partition coefficient (Wildman–Crippen LogP) is 4.53. The third kappa shape index (κ3) is 3.74. The molecular weight excluding hydrogens is 300 g/mol. The van der Waals surface area contributed by atoms with Crippen LogP contribution in [-0.4, -0.2) is 17.2 Å². The van der Waals surface area contributed by atoms with Crippen molar-refractivity contribution in [3.05, 3.63) is 77.4 Å². The molecule has 0 aliphatic rings. The molecule has 1 atom stereocenters. The van der Waals surface area contributed by atoms with E-state index in [-0.39, 0.29) is 0 Å². The number of aryl methyl sites for hydroxylation is 2. The molecule has 3 nitrogen and oxygen atoms in total. The van der Waals surface area contributed by atoms with E-state index in [4.69, 9.17) is 4.74 Å². The highest BCUT2D eigenvalue weighted by atomic mass is 16.5. The van der Waals surface area contributed by atoms with Crippen LogP contribution in [0, 0.1) is 13.8 Å². The molecule has 0 aliphatic heterocycles. The lowest BCUT2D eigenvalue weighted by Gasteiger charge is -2.16. The van der Waals surface area contributed by atoms with Crippen LogP contribution in [-0.2, 0) is 11.2 Å². The molecule has 0 amide bonds. The van der Waals surface area contributed by atoms with E-state index in [2.05, 4.69) is 6.07 Å². The standard InChI is InChI=1S/C21H20O3/c1-14-9-15(2)11-16(10-14)12-20(21(22)23)24-19-8-7-17-5-3-4-6-18(17)13-19/h3-11,13,20H,12H2,1-2H3,(H,22,23)/t20-/m0/s1. The van der Waals surface area contributed by atoms with Crippen molar-refractivity contribution in [3.63, 3.8) is 0 Å². The molecule has 122 valence electrons. The molecule has 0 saturated heterocycles. The van der Waals surface area contributed by atoms with Gasteiger partial charge in [-0.2, -0.15) is 0 Å². The van der Waals surface area contributed by atoms with Crippen LogP contribution >= 0.6 is 0 Å². The number of aliphatic carboxylic acids is 1. The smallest absolute Gasteiger partial charge is 0.345 e. The van der Waals surface area contributed by atoms with Crippen LogP contribution in [0.15, 0.2) is 60.7 Å².